The minimum absolute atomic E-state index is 0.381. The van der Waals surface area contributed by atoms with Gasteiger partial charge < -0.3 is 19.3 Å². The molecule has 23 heavy (non-hydrogen) atoms. The van der Waals surface area contributed by atoms with Crippen LogP contribution in [0.2, 0.25) is 0 Å². The fourth-order valence-electron chi connectivity index (χ4n) is 3.12. The van der Waals surface area contributed by atoms with Gasteiger partial charge in [0, 0.05) is 36.7 Å². The minimum atomic E-state index is -0.869. The van der Waals surface area contributed by atoms with E-state index in [1.54, 1.807) is 6.07 Å². The van der Waals surface area contributed by atoms with E-state index in [0.29, 0.717) is 12.1 Å². The first-order chi connectivity index (χ1) is 11.1. The van der Waals surface area contributed by atoms with E-state index in [9.17, 15) is 9.90 Å². The Morgan fingerprint density at radius 1 is 1.22 bits per heavy atom. The molecule has 0 amide bonds. The van der Waals surface area contributed by atoms with Crippen molar-refractivity contribution in [2.45, 2.75) is 20.4 Å². The number of hydrogen-bond acceptors (Lipinski definition) is 3. The lowest BCUT2D eigenvalue weighted by atomic mass is 10.1. The summed E-state index contributed by atoms with van der Waals surface area (Å²) < 4.78 is 7.46. The summed E-state index contributed by atoms with van der Waals surface area (Å²) in [4.78, 5) is 13.6. The molecule has 1 aliphatic heterocycles. The van der Waals surface area contributed by atoms with Gasteiger partial charge in [0.2, 0.25) is 0 Å². The zero-order chi connectivity index (χ0) is 16.4. The van der Waals surface area contributed by atoms with Crippen LogP contribution in [-0.2, 0) is 11.3 Å². The number of nitrogens with zero attached hydrogens (tertiary/aromatic N) is 2. The van der Waals surface area contributed by atoms with Gasteiger partial charge >= 0.3 is 5.97 Å². The summed E-state index contributed by atoms with van der Waals surface area (Å²) in [6, 6.07) is 10.2. The molecule has 1 aromatic heterocycles. The van der Waals surface area contributed by atoms with Crippen LogP contribution in [0, 0.1) is 13.8 Å². The molecule has 2 aromatic rings. The predicted octanol–water partition coefficient (Wildman–Crippen LogP) is 2.69. The van der Waals surface area contributed by atoms with Crippen molar-refractivity contribution >= 4 is 11.7 Å². The van der Waals surface area contributed by atoms with E-state index >= 15 is 0 Å². The van der Waals surface area contributed by atoms with Crippen LogP contribution in [0.4, 0.5) is 5.69 Å². The number of carboxylic acids is 1. The molecule has 2 heterocycles. The van der Waals surface area contributed by atoms with Crippen molar-refractivity contribution in [3.8, 4) is 0 Å². The molecule has 3 rings (SSSR count). The number of hydrogen-bond donors (Lipinski definition) is 1. The average Bonchev–Trinajstić information content (AvgIpc) is 2.84. The van der Waals surface area contributed by atoms with Crippen LogP contribution in [0.15, 0.2) is 30.3 Å². The SMILES string of the molecule is Cc1cc(C(=O)O)c(C)n1Cc1cccc(N2CCOCC2)c1. The third-order valence-corrected chi connectivity index (χ3v) is 4.43. The number of morpholine rings is 1. The Morgan fingerprint density at radius 2 is 1.96 bits per heavy atom. The number of rotatable bonds is 4. The van der Waals surface area contributed by atoms with Gasteiger partial charge in [-0.25, -0.2) is 4.79 Å². The van der Waals surface area contributed by atoms with Gasteiger partial charge in [0.1, 0.15) is 0 Å². The molecule has 5 heteroatoms. The highest BCUT2D eigenvalue weighted by Gasteiger charge is 2.15. The first-order valence-corrected chi connectivity index (χ1v) is 7.88. The highest BCUT2D eigenvalue weighted by atomic mass is 16.5. The number of aryl methyl sites for hydroxylation is 1. The lowest BCUT2D eigenvalue weighted by Crippen LogP contribution is -2.36. The molecule has 1 N–H and O–H groups in total. The number of aromatic nitrogens is 1. The standard InChI is InChI=1S/C18H22N2O3/c1-13-10-17(18(21)22)14(2)20(13)12-15-4-3-5-16(11-15)19-6-8-23-9-7-19/h3-5,10-11H,6-9,12H2,1-2H3,(H,21,22). The second-order valence-electron chi connectivity index (χ2n) is 5.95. The zero-order valence-corrected chi connectivity index (χ0v) is 13.6. The summed E-state index contributed by atoms with van der Waals surface area (Å²) in [7, 11) is 0. The second-order valence-corrected chi connectivity index (χ2v) is 5.95. The molecule has 122 valence electrons. The predicted molar refractivity (Wildman–Crippen MR) is 89.4 cm³/mol. The molecule has 1 aromatic carbocycles. The Kier molecular flexibility index (Phi) is 4.39. The summed E-state index contributed by atoms with van der Waals surface area (Å²) in [6.45, 7) is 7.85. The second kappa shape index (κ2) is 6.46. The number of carbonyl (C=O) groups is 1. The molecule has 0 bridgehead atoms. The Balaban J connectivity index is 1.85. The summed E-state index contributed by atoms with van der Waals surface area (Å²) in [5.41, 5.74) is 4.52. The molecule has 5 nitrogen and oxygen atoms in total. The fraction of sp³-hybridized carbons (Fsp3) is 0.389. The molecule has 0 saturated carbocycles. The highest BCUT2D eigenvalue weighted by Crippen LogP contribution is 2.21. The van der Waals surface area contributed by atoms with E-state index in [-0.39, 0.29) is 0 Å². The van der Waals surface area contributed by atoms with E-state index in [0.717, 1.165) is 37.7 Å². The molecule has 0 unspecified atom stereocenters. The third kappa shape index (κ3) is 3.24. The largest absolute Gasteiger partial charge is 0.478 e. The third-order valence-electron chi connectivity index (χ3n) is 4.43. The molecule has 0 atom stereocenters. The van der Waals surface area contributed by atoms with Gasteiger partial charge in [-0.15, -0.1) is 0 Å². The van der Waals surface area contributed by atoms with Gasteiger partial charge in [0.15, 0.2) is 0 Å². The smallest absolute Gasteiger partial charge is 0.337 e. The topological polar surface area (TPSA) is 54.7 Å². The number of benzene rings is 1. The van der Waals surface area contributed by atoms with E-state index in [1.807, 2.05) is 13.8 Å². The molecular formula is C18H22N2O3. The van der Waals surface area contributed by atoms with E-state index in [4.69, 9.17) is 4.74 Å². The Morgan fingerprint density at radius 3 is 2.61 bits per heavy atom. The van der Waals surface area contributed by atoms with Crippen molar-refractivity contribution in [2.75, 3.05) is 31.2 Å². The summed E-state index contributed by atoms with van der Waals surface area (Å²) >= 11 is 0. The van der Waals surface area contributed by atoms with Gasteiger partial charge in [-0.1, -0.05) is 12.1 Å². The Bertz CT molecular complexity index is 715. The van der Waals surface area contributed by atoms with Crippen LogP contribution in [-0.4, -0.2) is 41.9 Å². The quantitative estimate of drug-likeness (QED) is 0.943. The van der Waals surface area contributed by atoms with Crippen molar-refractivity contribution in [2.24, 2.45) is 0 Å². The van der Waals surface area contributed by atoms with Crippen LogP contribution in [0.3, 0.4) is 0 Å². The molecule has 1 fully saturated rings. The Hall–Kier alpha value is -2.27. The first-order valence-electron chi connectivity index (χ1n) is 7.88. The maximum Gasteiger partial charge on any atom is 0.337 e. The number of anilines is 1. The van der Waals surface area contributed by atoms with Crippen molar-refractivity contribution in [3.05, 3.63) is 52.8 Å². The minimum Gasteiger partial charge on any atom is -0.478 e. The van der Waals surface area contributed by atoms with Crippen LogP contribution in [0.1, 0.15) is 27.3 Å². The van der Waals surface area contributed by atoms with E-state index < -0.39 is 5.97 Å². The molecule has 0 radical (unpaired) electrons. The summed E-state index contributed by atoms with van der Waals surface area (Å²) in [5.74, 6) is -0.869. The molecule has 1 aliphatic rings. The van der Waals surface area contributed by atoms with Gasteiger partial charge in [-0.2, -0.15) is 0 Å². The first kappa shape index (κ1) is 15.6. The van der Waals surface area contributed by atoms with Crippen molar-refractivity contribution in [1.82, 2.24) is 4.57 Å². The Labute approximate surface area is 136 Å². The van der Waals surface area contributed by atoms with Crippen molar-refractivity contribution in [1.29, 1.82) is 0 Å². The maximum absolute atomic E-state index is 11.3. The van der Waals surface area contributed by atoms with Crippen molar-refractivity contribution < 1.29 is 14.6 Å². The van der Waals surface area contributed by atoms with Crippen LogP contribution >= 0.6 is 0 Å². The number of aromatic carboxylic acids is 1. The summed E-state index contributed by atoms with van der Waals surface area (Å²) in [5, 5.41) is 9.25. The molecular weight excluding hydrogens is 292 g/mol. The van der Waals surface area contributed by atoms with E-state index in [1.165, 1.54) is 11.3 Å². The zero-order valence-electron chi connectivity index (χ0n) is 13.6. The van der Waals surface area contributed by atoms with Gasteiger partial charge in [-0.3, -0.25) is 0 Å². The number of carboxylic acid groups (broad SMARTS) is 1. The fourth-order valence-corrected chi connectivity index (χ4v) is 3.12. The molecule has 0 spiro atoms. The van der Waals surface area contributed by atoms with Crippen molar-refractivity contribution in [3.63, 3.8) is 0 Å². The van der Waals surface area contributed by atoms with Gasteiger partial charge in [-0.05, 0) is 37.6 Å². The van der Waals surface area contributed by atoms with Crippen LogP contribution in [0.25, 0.3) is 0 Å². The molecule has 0 aliphatic carbocycles. The lowest BCUT2D eigenvalue weighted by Gasteiger charge is -2.29. The normalized spacial score (nSPS) is 15.0. The summed E-state index contributed by atoms with van der Waals surface area (Å²) in [6.07, 6.45) is 0. The van der Waals surface area contributed by atoms with Gasteiger partial charge in [0.05, 0.1) is 18.8 Å². The van der Waals surface area contributed by atoms with Gasteiger partial charge in [0.25, 0.3) is 0 Å². The number of ether oxygens (including phenoxy) is 1. The average molecular weight is 314 g/mol. The van der Waals surface area contributed by atoms with Crippen LogP contribution < -0.4 is 4.90 Å². The van der Waals surface area contributed by atoms with E-state index in [2.05, 4.69) is 33.7 Å². The molecule has 1 saturated heterocycles. The maximum atomic E-state index is 11.3. The lowest BCUT2D eigenvalue weighted by molar-refractivity contribution is 0.0696. The van der Waals surface area contributed by atoms with Crippen LogP contribution in [0.5, 0.6) is 0 Å². The highest BCUT2D eigenvalue weighted by molar-refractivity contribution is 5.89. The monoisotopic (exact) mass is 314 g/mol.